The highest BCUT2D eigenvalue weighted by atomic mass is 32.1. The average molecular weight is 303 g/mol. The van der Waals surface area contributed by atoms with Gasteiger partial charge in [-0.15, -0.1) is 6.42 Å². The van der Waals surface area contributed by atoms with Crippen molar-refractivity contribution in [1.82, 2.24) is 0 Å². The number of rotatable bonds is 6. The lowest BCUT2D eigenvalue weighted by molar-refractivity contribution is -0.122. The molecule has 0 radical (unpaired) electrons. The fourth-order valence-electron chi connectivity index (χ4n) is 2.17. The number of aryl methyl sites for hydroxylation is 2. The summed E-state index contributed by atoms with van der Waals surface area (Å²) in [4.78, 5) is 15.0. The van der Waals surface area contributed by atoms with Crippen molar-refractivity contribution in [2.45, 2.75) is 33.7 Å². The molecule has 0 saturated heterocycles. The summed E-state index contributed by atoms with van der Waals surface area (Å²) in [5.41, 5.74) is 2.95. The molecule has 1 aromatic carbocycles. The van der Waals surface area contributed by atoms with Gasteiger partial charge in [-0.1, -0.05) is 36.3 Å². The predicted octanol–water partition coefficient (Wildman–Crippen LogP) is 3.06. The van der Waals surface area contributed by atoms with Crippen LogP contribution in [0.25, 0.3) is 0 Å². The fraction of sp³-hybridized carbons (Fsp3) is 0.412. The van der Waals surface area contributed by atoms with Gasteiger partial charge in [-0.25, -0.2) is 0 Å². The number of carbonyl (C=O) groups is 1. The van der Waals surface area contributed by atoms with Crippen molar-refractivity contribution in [3.05, 3.63) is 29.3 Å². The Labute approximate surface area is 132 Å². The monoisotopic (exact) mass is 303 g/mol. The van der Waals surface area contributed by atoms with Crippen molar-refractivity contribution >= 4 is 28.7 Å². The Balaban J connectivity index is 3.17. The lowest BCUT2D eigenvalue weighted by atomic mass is 10.0. The second-order valence-electron chi connectivity index (χ2n) is 4.99. The molecule has 0 heterocycles. The van der Waals surface area contributed by atoms with Crippen molar-refractivity contribution in [2.75, 3.05) is 18.1 Å². The lowest BCUT2D eigenvalue weighted by Crippen LogP contribution is -2.44. The number of nitrogens with zero attached hydrogens (tertiary/aromatic N) is 1. The van der Waals surface area contributed by atoms with E-state index in [2.05, 4.69) is 5.92 Å². The SMILES string of the molecule is C#CCOCC(=O)N(c1c(C)cccc1C)C(C)C(C)=S. The number of terminal acetylenes is 1. The van der Waals surface area contributed by atoms with Crippen LogP contribution in [0.5, 0.6) is 0 Å². The number of para-hydroxylation sites is 1. The zero-order valence-corrected chi connectivity index (χ0v) is 13.8. The normalized spacial score (nSPS) is 11.6. The molecule has 21 heavy (non-hydrogen) atoms. The molecule has 112 valence electrons. The van der Waals surface area contributed by atoms with Gasteiger partial charge in [-0.2, -0.15) is 0 Å². The highest BCUT2D eigenvalue weighted by Crippen LogP contribution is 2.27. The second-order valence-corrected chi connectivity index (χ2v) is 5.63. The summed E-state index contributed by atoms with van der Waals surface area (Å²) in [6.07, 6.45) is 5.14. The number of hydrogen-bond donors (Lipinski definition) is 0. The number of hydrogen-bond acceptors (Lipinski definition) is 3. The van der Waals surface area contributed by atoms with E-state index in [0.29, 0.717) is 0 Å². The molecule has 4 heteroatoms. The number of thiocarbonyl (C=S) groups is 1. The third-order valence-electron chi connectivity index (χ3n) is 3.34. The first-order valence-electron chi connectivity index (χ1n) is 6.80. The third kappa shape index (κ3) is 4.38. The number of carbonyl (C=O) groups excluding carboxylic acids is 1. The number of amides is 1. The second kappa shape index (κ2) is 7.92. The van der Waals surface area contributed by atoms with E-state index in [0.717, 1.165) is 21.7 Å². The van der Waals surface area contributed by atoms with E-state index in [9.17, 15) is 4.79 Å². The summed E-state index contributed by atoms with van der Waals surface area (Å²) in [7, 11) is 0. The lowest BCUT2D eigenvalue weighted by Gasteiger charge is -2.31. The van der Waals surface area contributed by atoms with E-state index in [-0.39, 0.29) is 25.2 Å². The molecule has 1 amide bonds. The largest absolute Gasteiger partial charge is 0.359 e. The zero-order valence-electron chi connectivity index (χ0n) is 13.0. The maximum absolute atomic E-state index is 12.5. The molecule has 3 nitrogen and oxygen atoms in total. The molecule has 0 bridgehead atoms. The number of benzene rings is 1. The van der Waals surface area contributed by atoms with Gasteiger partial charge >= 0.3 is 0 Å². The van der Waals surface area contributed by atoms with Crippen LogP contribution in [-0.2, 0) is 9.53 Å². The van der Waals surface area contributed by atoms with Crippen LogP contribution in [0.15, 0.2) is 18.2 Å². The average Bonchev–Trinajstić information content (AvgIpc) is 2.42. The molecule has 1 aromatic rings. The van der Waals surface area contributed by atoms with Crippen LogP contribution >= 0.6 is 12.2 Å². The van der Waals surface area contributed by atoms with Crippen molar-refractivity contribution in [1.29, 1.82) is 0 Å². The van der Waals surface area contributed by atoms with Crippen LogP contribution in [0.2, 0.25) is 0 Å². The molecular weight excluding hydrogens is 282 g/mol. The van der Waals surface area contributed by atoms with Gasteiger partial charge in [0.2, 0.25) is 0 Å². The molecule has 0 saturated carbocycles. The molecule has 0 aromatic heterocycles. The topological polar surface area (TPSA) is 29.5 Å². The van der Waals surface area contributed by atoms with Crippen LogP contribution in [0.1, 0.15) is 25.0 Å². The van der Waals surface area contributed by atoms with Gasteiger partial charge < -0.3 is 9.64 Å². The highest BCUT2D eigenvalue weighted by molar-refractivity contribution is 7.80. The standard InChI is InChI=1S/C17H21NO2S/c1-6-10-20-11-16(19)18(14(4)15(5)21)17-12(2)8-7-9-13(17)3/h1,7-9,14H,10-11H2,2-5H3. The molecule has 0 fully saturated rings. The molecule has 1 atom stereocenters. The Morgan fingerprint density at radius 1 is 1.43 bits per heavy atom. The molecule has 0 spiro atoms. The Morgan fingerprint density at radius 2 is 2.00 bits per heavy atom. The van der Waals surface area contributed by atoms with E-state index in [1.54, 1.807) is 4.90 Å². The molecule has 0 aliphatic rings. The van der Waals surface area contributed by atoms with Gasteiger partial charge in [0.25, 0.3) is 5.91 Å². The summed E-state index contributed by atoms with van der Waals surface area (Å²) in [5, 5.41) is 0. The van der Waals surface area contributed by atoms with E-state index in [1.165, 1.54) is 0 Å². The van der Waals surface area contributed by atoms with Crippen molar-refractivity contribution in [2.24, 2.45) is 0 Å². The van der Waals surface area contributed by atoms with Crippen LogP contribution in [0, 0.1) is 26.2 Å². The summed E-state index contributed by atoms with van der Waals surface area (Å²) < 4.78 is 5.19. The van der Waals surface area contributed by atoms with Gasteiger partial charge in [0.1, 0.15) is 13.2 Å². The Morgan fingerprint density at radius 3 is 2.48 bits per heavy atom. The van der Waals surface area contributed by atoms with Gasteiger partial charge in [0.05, 0.1) is 11.7 Å². The first kappa shape index (κ1) is 17.4. The van der Waals surface area contributed by atoms with Crippen LogP contribution in [0.3, 0.4) is 0 Å². The van der Waals surface area contributed by atoms with Gasteiger partial charge in [-0.05, 0) is 38.8 Å². The van der Waals surface area contributed by atoms with Crippen LogP contribution in [0.4, 0.5) is 5.69 Å². The van der Waals surface area contributed by atoms with Gasteiger partial charge in [0.15, 0.2) is 0 Å². The van der Waals surface area contributed by atoms with Crippen LogP contribution < -0.4 is 4.90 Å². The van der Waals surface area contributed by atoms with Crippen molar-refractivity contribution in [3.8, 4) is 12.3 Å². The Kier molecular flexibility index (Phi) is 6.54. The molecule has 0 aliphatic carbocycles. The van der Waals surface area contributed by atoms with E-state index in [1.807, 2.05) is 45.9 Å². The van der Waals surface area contributed by atoms with Gasteiger partial charge in [0, 0.05) is 4.86 Å². The summed E-state index contributed by atoms with van der Waals surface area (Å²) >= 11 is 5.27. The van der Waals surface area contributed by atoms with Crippen molar-refractivity contribution < 1.29 is 9.53 Å². The van der Waals surface area contributed by atoms with Crippen LogP contribution in [-0.4, -0.2) is 30.0 Å². The molecule has 0 N–H and O–H groups in total. The van der Waals surface area contributed by atoms with Gasteiger partial charge in [-0.3, -0.25) is 4.79 Å². The first-order valence-corrected chi connectivity index (χ1v) is 7.21. The maximum Gasteiger partial charge on any atom is 0.253 e. The summed E-state index contributed by atoms with van der Waals surface area (Å²) in [6, 6.07) is 5.76. The molecule has 1 unspecified atom stereocenters. The minimum atomic E-state index is -0.179. The molecular formula is C17H21NO2S. The minimum Gasteiger partial charge on any atom is -0.359 e. The van der Waals surface area contributed by atoms with E-state index >= 15 is 0 Å². The fourth-order valence-corrected chi connectivity index (χ4v) is 2.27. The smallest absolute Gasteiger partial charge is 0.253 e. The zero-order chi connectivity index (χ0) is 16.0. The van der Waals surface area contributed by atoms with E-state index in [4.69, 9.17) is 23.4 Å². The summed E-state index contributed by atoms with van der Waals surface area (Å²) in [5.74, 6) is 2.22. The van der Waals surface area contributed by atoms with Crippen molar-refractivity contribution in [3.63, 3.8) is 0 Å². The number of anilines is 1. The minimum absolute atomic E-state index is 0.0507. The molecule has 1 rings (SSSR count). The van der Waals surface area contributed by atoms with E-state index < -0.39 is 0 Å². The maximum atomic E-state index is 12.5. The quantitative estimate of drug-likeness (QED) is 0.459. The Hall–Kier alpha value is -1.70. The number of ether oxygens (including phenoxy) is 1. The predicted molar refractivity (Wildman–Crippen MR) is 90.8 cm³/mol. The Bertz CT molecular complexity index is 554. The first-order chi connectivity index (χ1) is 9.90. The third-order valence-corrected chi connectivity index (χ3v) is 3.68. The summed E-state index contributed by atoms with van der Waals surface area (Å²) in [6.45, 7) is 7.80. The highest BCUT2D eigenvalue weighted by Gasteiger charge is 2.25. The molecule has 0 aliphatic heterocycles.